The van der Waals surface area contributed by atoms with E-state index in [1.165, 1.54) is 0 Å². The Labute approximate surface area is 122 Å². The molecule has 102 valence electrons. The molecule has 3 nitrogen and oxygen atoms in total. The molecule has 18 heavy (non-hydrogen) atoms. The molecule has 0 aromatic heterocycles. The number of halogens is 2. The van der Waals surface area contributed by atoms with Crippen molar-refractivity contribution in [1.82, 2.24) is 5.32 Å². The predicted octanol–water partition coefficient (Wildman–Crippen LogP) is 3.59. The van der Waals surface area contributed by atoms with Gasteiger partial charge >= 0.3 is 0 Å². The van der Waals surface area contributed by atoms with Crippen molar-refractivity contribution in [3.63, 3.8) is 0 Å². The molecule has 0 spiro atoms. The molecular weight excluding hydrogens is 318 g/mol. The zero-order valence-electron chi connectivity index (χ0n) is 10.7. The molecule has 0 aliphatic rings. The van der Waals surface area contributed by atoms with Crippen LogP contribution in [0.4, 0.5) is 0 Å². The van der Waals surface area contributed by atoms with Crippen LogP contribution in [0.25, 0.3) is 0 Å². The second-order valence-electron chi connectivity index (χ2n) is 3.71. The first-order valence-electron chi connectivity index (χ1n) is 6.05. The third-order valence-corrected chi connectivity index (χ3v) is 3.35. The van der Waals surface area contributed by atoms with Crippen LogP contribution in [-0.4, -0.2) is 26.0 Å². The van der Waals surface area contributed by atoms with Crippen molar-refractivity contribution in [1.29, 1.82) is 0 Å². The fraction of sp³-hybridized carbons (Fsp3) is 0.538. The zero-order chi connectivity index (χ0) is 13.4. The first-order valence-corrected chi connectivity index (χ1v) is 7.22. The van der Waals surface area contributed by atoms with Crippen LogP contribution in [0.1, 0.15) is 19.4 Å². The fourth-order valence-corrected chi connectivity index (χ4v) is 2.12. The summed E-state index contributed by atoms with van der Waals surface area (Å²) in [5.74, 6) is 0. The fourth-order valence-electron chi connectivity index (χ4n) is 1.54. The van der Waals surface area contributed by atoms with Gasteiger partial charge in [-0.05, 0) is 37.6 Å². The number of rotatable bonds is 8. The normalized spacial score (nSPS) is 11.2. The lowest BCUT2D eigenvalue weighted by atomic mass is 10.2. The van der Waals surface area contributed by atoms with Gasteiger partial charge in [-0.25, -0.2) is 0 Å². The lowest BCUT2D eigenvalue weighted by Crippen LogP contribution is -2.31. The van der Waals surface area contributed by atoms with Crippen LogP contribution < -0.4 is 5.32 Å². The standard InChI is InChI=1S/C13H19BrClNO2/c1-3-17-13(18-4-2)9-16-8-10-7-11(15)5-6-12(10)14/h5-7,13,16H,3-4,8-9H2,1-2H3. The molecule has 0 atom stereocenters. The lowest BCUT2D eigenvalue weighted by Gasteiger charge is -2.17. The second kappa shape index (κ2) is 8.88. The van der Waals surface area contributed by atoms with Crippen molar-refractivity contribution in [3.8, 4) is 0 Å². The molecule has 0 saturated heterocycles. The van der Waals surface area contributed by atoms with E-state index < -0.39 is 0 Å². The van der Waals surface area contributed by atoms with E-state index in [2.05, 4.69) is 21.2 Å². The molecule has 1 aromatic carbocycles. The topological polar surface area (TPSA) is 30.5 Å². The van der Waals surface area contributed by atoms with Crippen molar-refractivity contribution < 1.29 is 9.47 Å². The van der Waals surface area contributed by atoms with Crippen LogP contribution in [0.3, 0.4) is 0 Å². The van der Waals surface area contributed by atoms with Gasteiger partial charge in [-0.1, -0.05) is 27.5 Å². The van der Waals surface area contributed by atoms with E-state index in [-0.39, 0.29) is 6.29 Å². The van der Waals surface area contributed by atoms with Crippen molar-refractivity contribution in [2.75, 3.05) is 19.8 Å². The number of ether oxygens (including phenoxy) is 2. The SMILES string of the molecule is CCOC(CNCc1cc(Cl)ccc1Br)OCC. The molecule has 0 unspecified atom stereocenters. The van der Waals surface area contributed by atoms with Crippen LogP contribution in [-0.2, 0) is 16.0 Å². The first-order chi connectivity index (χ1) is 8.67. The summed E-state index contributed by atoms with van der Waals surface area (Å²) in [6, 6.07) is 5.75. The Bertz CT molecular complexity index is 357. The molecule has 0 aliphatic heterocycles. The summed E-state index contributed by atoms with van der Waals surface area (Å²) < 4.78 is 11.9. The summed E-state index contributed by atoms with van der Waals surface area (Å²) in [7, 11) is 0. The maximum Gasteiger partial charge on any atom is 0.169 e. The van der Waals surface area contributed by atoms with E-state index in [0.29, 0.717) is 19.8 Å². The molecule has 0 bridgehead atoms. The maximum absolute atomic E-state index is 5.96. The number of hydrogen-bond acceptors (Lipinski definition) is 3. The Morgan fingerprint density at radius 3 is 2.56 bits per heavy atom. The number of hydrogen-bond donors (Lipinski definition) is 1. The third kappa shape index (κ3) is 5.67. The summed E-state index contributed by atoms with van der Waals surface area (Å²) in [6.45, 7) is 6.58. The van der Waals surface area contributed by atoms with E-state index in [1.807, 2.05) is 32.0 Å². The highest BCUT2D eigenvalue weighted by molar-refractivity contribution is 9.10. The molecule has 1 aromatic rings. The van der Waals surface area contributed by atoms with Crippen LogP contribution in [0.15, 0.2) is 22.7 Å². The van der Waals surface area contributed by atoms with Crippen LogP contribution in [0, 0.1) is 0 Å². The average Bonchev–Trinajstić information content (AvgIpc) is 2.34. The van der Waals surface area contributed by atoms with Gasteiger partial charge in [0.15, 0.2) is 6.29 Å². The quantitative estimate of drug-likeness (QED) is 0.736. The van der Waals surface area contributed by atoms with E-state index in [9.17, 15) is 0 Å². The van der Waals surface area contributed by atoms with Crippen molar-refractivity contribution in [3.05, 3.63) is 33.3 Å². The van der Waals surface area contributed by atoms with Crippen LogP contribution in [0.5, 0.6) is 0 Å². The predicted molar refractivity (Wildman–Crippen MR) is 77.9 cm³/mol. The van der Waals surface area contributed by atoms with Crippen LogP contribution >= 0.6 is 27.5 Å². The second-order valence-corrected chi connectivity index (χ2v) is 5.00. The van der Waals surface area contributed by atoms with Gasteiger partial charge in [0.1, 0.15) is 0 Å². The van der Waals surface area contributed by atoms with Gasteiger partial charge in [0.05, 0.1) is 0 Å². The zero-order valence-corrected chi connectivity index (χ0v) is 13.1. The first kappa shape index (κ1) is 15.9. The van der Waals surface area contributed by atoms with E-state index in [4.69, 9.17) is 21.1 Å². The minimum absolute atomic E-state index is 0.196. The molecule has 0 amide bonds. The Balaban J connectivity index is 2.41. The molecule has 0 aliphatic carbocycles. The van der Waals surface area contributed by atoms with Crippen molar-refractivity contribution in [2.45, 2.75) is 26.7 Å². The molecular formula is C13H19BrClNO2. The van der Waals surface area contributed by atoms with Crippen LogP contribution in [0.2, 0.25) is 5.02 Å². The summed E-state index contributed by atoms with van der Waals surface area (Å²) >= 11 is 9.46. The van der Waals surface area contributed by atoms with Gasteiger partial charge in [0, 0.05) is 35.8 Å². The Morgan fingerprint density at radius 2 is 1.94 bits per heavy atom. The van der Waals surface area contributed by atoms with E-state index >= 15 is 0 Å². The van der Waals surface area contributed by atoms with Gasteiger partial charge in [-0.2, -0.15) is 0 Å². The maximum atomic E-state index is 5.96. The van der Waals surface area contributed by atoms with Gasteiger partial charge in [0.25, 0.3) is 0 Å². The highest BCUT2D eigenvalue weighted by Gasteiger charge is 2.07. The Kier molecular flexibility index (Phi) is 7.86. The molecule has 0 saturated carbocycles. The lowest BCUT2D eigenvalue weighted by molar-refractivity contribution is -0.133. The molecule has 1 N–H and O–H groups in total. The summed E-state index contributed by atoms with van der Waals surface area (Å²) in [4.78, 5) is 0. The minimum atomic E-state index is -0.196. The average molecular weight is 337 g/mol. The molecule has 0 fully saturated rings. The largest absolute Gasteiger partial charge is 0.352 e. The monoisotopic (exact) mass is 335 g/mol. The van der Waals surface area contributed by atoms with Crippen molar-refractivity contribution >= 4 is 27.5 Å². The van der Waals surface area contributed by atoms with Gasteiger partial charge < -0.3 is 14.8 Å². The molecule has 1 rings (SSSR count). The molecule has 5 heteroatoms. The van der Waals surface area contributed by atoms with Crippen molar-refractivity contribution in [2.24, 2.45) is 0 Å². The van der Waals surface area contributed by atoms with Gasteiger partial charge in [-0.15, -0.1) is 0 Å². The highest BCUT2D eigenvalue weighted by atomic mass is 79.9. The highest BCUT2D eigenvalue weighted by Crippen LogP contribution is 2.20. The molecule has 0 radical (unpaired) electrons. The summed E-state index contributed by atoms with van der Waals surface area (Å²) in [5, 5.41) is 4.04. The summed E-state index contributed by atoms with van der Waals surface area (Å²) in [6.07, 6.45) is -0.196. The van der Waals surface area contributed by atoms with Gasteiger partial charge in [-0.3, -0.25) is 0 Å². The van der Waals surface area contributed by atoms with E-state index in [0.717, 1.165) is 21.6 Å². The third-order valence-electron chi connectivity index (χ3n) is 2.34. The number of benzene rings is 1. The Hall–Kier alpha value is -0.130. The minimum Gasteiger partial charge on any atom is -0.352 e. The smallest absolute Gasteiger partial charge is 0.169 e. The van der Waals surface area contributed by atoms with Gasteiger partial charge in [0.2, 0.25) is 0 Å². The Morgan fingerprint density at radius 1 is 1.28 bits per heavy atom. The number of nitrogens with one attached hydrogen (secondary N) is 1. The summed E-state index contributed by atoms with van der Waals surface area (Å²) in [5.41, 5.74) is 1.12. The molecule has 0 heterocycles. The van der Waals surface area contributed by atoms with E-state index in [1.54, 1.807) is 0 Å².